The lowest BCUT2D eigenvalue weighted by molar-refractivity contribution is -0.137. The lowest BCUT2D eigenvalue weighted by atomic mass is 9.88. The van der Waals surface area contributed by atoms with Crippen molar-refractivity contribution in [2.45, 2.75) is 38.1 Å². The van der Waals surface area contributed by atoms with Crippen LogP contribution >= 0.6 is 22.9 Å². The molecule has 0 unspecified atom stereocenters. The van der Waals surface area contributed by atoms with E-state index in [9.17, 15) is 18.8 Å². The molecule has 1 aromatic heterocycles. The number of halogens is 2. The van der Waals surface area contributed by atoms with Crippen LogP contribution in [0, 0.1) is 17.7 Å². The second kappa shape index (κ2) is 7.42. The molecular formula is C21H19ClFN3O3S. The van der Waals surface area contributed by atoms with Crippen LogP contribution in [0.2, 0.25) is 5.02 Å². The Bertz CT molecular complexity index is 1050. The molecular weight excluding hydrogens is 429 g/mol. The molecule has 2 fully saturated rings. The summed E-state index contributed by atoms with van der Waals surface area (Å²) in [6.45, 7) is 0.794. The third-order valence-corrected chi connectivity index (χ3v) is 7.64. The topological polar surface area (TPSA) is 79.4 Å². The fourth-order valence-electron chi connectivity index (χ4n) is 4.86. The number of benzene rings is 1. The van der Waals surface area contributed by atoms with Gasteiger partial charge in [0.2, 0.25) is 5.91 Å². The number of rotatable bonds is 3. The first kappa shape index (κ1) is 19.6. The number of thiazole rings is 1. The molecule has 1 saturated heterocycles. The molecule has 9 heteroatoms. The van der Waals surface area contributed by atoms with Gasteiger partial charge in [-0.3, -0.25) is 19.7 Å². The third kappa shape index (κ3) is 3.32. The Morgan fingerprint density at radius 1 is 1.27 bits per heavy atom. The number of carbonyl (C=O) groups excluding carboxylic acids is 3. The van der Waals surface area contributed by atoms with Crippen molar-refractivity contribution in [2.75, 3.05) is 11.9 Å². The van der Waals surface area contributed by atoms with Crippen LogP contribution in [0.1, 0.15) is 51.4 Å². The summed E-state index contributed by atoms with van der Waals surface area (Å²) in [5.74, 6) is -1.37. The third-order valence-electron chi connectivity index (χ3n) is 6.27. The average molecular weight is 448 g/mol. The second-order valence-electron chi connectivity index (χ2n) is 8.20. The van der Waals surface area contributed by atoms with E-state index in [1.54, 1.807) is 0 Å². The molecule has 1 aromatic carbocycles. The summed E-state index contributed by atoms with van der Waals surface area (Å²) in [5, 5.41) is 2.73. The van der Waals surface area contributed by atoms with Crippen molar-refractivity contribution in [2.24, 2.45) is 11.8 Å². The van der Waals surface area contributed by atoms with Crippen LogP contribution in [0.4, 0.5) is 9.52 Å². The fraction of sp³-hybridized carbons (Fsp3) is 0.429. The highest BCUT2D eigenvalue weighted by Gasteiger charge is 2.44. The zero-order valence-corrected chi connectivity index (χ0v) is 17.6. The number of hydrogen-bond acceptors (Lipinski definition) is 5. The van der Waals surface area contributed by atoms with Crippen molar-refractivity contribution in [3.8, 4) is 0 Å². The molecule has 3 atom stereocenters. The number of carbonyl (C=O) groups is 3. The van der Waals surface area contributed by atoms with E-state index < -0.39 is 17.6 Å². The minimum absolute atomic E-state index is 0.00420. The summed E-state index contributed by atoms with van der Waals surface area (Å²) in [6, 6.07) is 4.31. The Balaban J connectivity index is 1.33. The van der Waals surface area contributed by atoms with Crippen LogP contribution in [0.15, 0.2) is 18.2 Å². The summed E-state index contributed by atoms with van der Waals surface area (Å²) in [5.41, 5.74) is 0.254. The van der Waals surface area contributed by atoms with Crippen LogP contribution < -0.4 is 5.32 Å². The maximum Gasteiger partial charge on any atom is 0.261 e. The highest BCUT2D eigenvalue weighted by atomic mass is 35.5. The van der Waals surface area contributed by atoms with Crippen LogP contribution in [0.25, 0.3) is 0 Å². The van der Waals surface area contributed by atoms with E-state index >= 15 is 0 Å². The number of piperidine rings is 1. The van der Waals surface area contributed by atoms with Gasteiger partial charge in [-0.2, -0.15) is 0 Å². The first-order chi connectivity index (χ1) is 14.4. The van der Waals surface area contributed by atoms with E-state index in [1.165, 1.54) is 18.6 Å². The standard InChI is InChI=1S/C21H19ClFN3O3S/c22-13-2-1-3-14(23)17(13)19(28)25-21-24-15-7-11(8-16(27)18(15)30-21)20(29)26-9-10-4-5-12(26)6-10/h1-3,10-12H,4-9H2,(H,24,25,28)/t10-,11-,12+/m0/s1. The van der Waals surface area contributed by atoms with E-state index in [1.807, 2.05) is 4.90 Å². The van der Waals surface area contributed by atoms with Gasteiger partial charge in [-0.1, -0.05) is 29.0 Å². The number of nitrogens with one attached hydrogen (secondary N) is 1. The van der Waals surface area contributed by atoms with Gasteiger partial charge < -0.3 is 4.90 Å². The molecule has 1 N–H and O–H groups in total. The highest BCUT2D eigenvalue weighted by Crippen LogP contribution is 2.40. The Morgan fingerprint density at radius 2 is 2.10 bits per heavy atom. The number of nitrogens with zero attached hydrogens (tertiary/aromatic N) is 2. The number of amides is 2. The maximum absolute atomic E-state index is 14.0. The molecule has 2 amide bonds. The van der Waals surface area contributed by atoms with Crippen LogP contribution in [-0.4, -0.2) is 40.1 Å². The van der Waals surface area contributed by atoms with E-state index in [2.05, 4.69) is 10.3 Å². The quantitative estimate of drug-likeness (QED) is 0.772. The lowest BCUT2D eigenvalue weighted by Crippen LogP contribution is -2.43. The molecule has 30 heavy (non-hydrogen) atoms. The molecule has 2 bridgehead atoms. The summed E-state index contributed by atoms with van der Waals surface area (Å²) < 4.78 is 14.0. The molecule has 156 valence electrons. The predicted octanol–water partition coefficient (Wildman–Crippen LogP) is 3.94. The molecule has 1 aliphatic heterocycles. The second-order valence-corrected chi connectivity index (χ2v) is 9.60. The fourth-order valence-corrected chi connectivity index (χ4v) is 6.05. The maximum atomic E-state index is 14.0. The minimum Gasteiger partial charge on any atom is -0.339 e. The van der Waals surface area contributed by atoms with Gasteiger partial charge in [0, 0.05) is 25.4 Å². The molecule has 1 saturated carbocycles. The van der Waals surface area contributed by atoms with Crippen molar-refractivity contribution < 1.29 is 18.8 Å². The van der Waals surface area contributed by atoms with E-state index in [0.29, 0.717) is 29.0 Å². The van der Waals surface area contributed by atoms with Gasteiger partial charge >= 0.3 is 0 Å². The summed E-state index contributed by atoms with van der Waals surface area (Å²) >= 11 is 7.00. The summed E-state index contributed by atoms with van der Waals surface area (Å²) in [6.07, 6.45) is 3.84. The van der Waals surface area contributed by atoms with Gasteiger partial charge in [-0.25, -0.2) is 9.37 Å². The number of aromatic nitrogens is 1. The largest absolute Gasteiger partial charge is 0.339 e. The summed E-state index contributed by atoms with van der Waals surface area (Å²) in [4.78, 5) is 44.9. The minimum atomic E-state index is -0.733. The van der Waals surface area contributed by atoms with E-state index in [0.717, 1.165) is 36.8 Å². The molecule has 5 rings (SSSR count). The zero-order chi connectivity index (χ0) is 21.0. The smallest absolute Gasteiger partial charge is 0.261 e. The predicted molar refractivity (Wildman–Crippen MR) is 110 cm³/mol. The van der Waals surface area contributed by atoms with Gasteiger partial charge in [-0.05, 0) is 37.3 Å². The highest BCUT2D eigenvalue weighted by molar-refractivity contribution is 7.17. The first-order valence-corrected chi connectivity index (χ1v) is 11.2. The van der Waals surface area contributed by atoms with Crippen LogP contribution in [0.3, 0.4) is 0 Å². The Morgan fingerprint density at radius 3 is 2.80 bits per heavy atom. The average Bonchev–Trinajstić information content (AvgIpc) is 3.42. The van der Waals surface area contributed by atoms with Gasteiger partial charge in [0.05, 0.1) is 27.1 Å². The van der Waals surface area contributed by atoms with Crippen LogP contribution in [0.5, 0.6) is 0 Å². The molecule has 0 spiro atoms. The van der Waals surface area contributed by atoms with Crippen molar-refractivity contribution in [3.05, 3.63) is 45.2 Å². The van der Waals surface area contributed by atoms with Crippen molar-refractivity contribution >= 4 is 45.7 Å². The van der Waals surface area contributed by atoms with Gasteiger partial charge in [0.15, 0.2) is 10.9 Å². The lowest BCUT2D eigenvalue weighted by Gasteiger charge is -2.31. The Hall–Kier alpha value is -2.32. The number of anilines is 1. The molecule has 2 aromatic rings. The van der Waals surface area contributed by atoms with Crippen molar-refractivity contribution in [3.63, 3.8) is 0 Å². The summed E-state index contributed by atoms with van der Waals surface area (Å²) in [7, 11) is 0. The number of hydrogen-bond donors (Lipinski definition) is 1. The van der Waals surface area contributed by atoms with E-state index in [-0.39, 0.29) is 33.8 Å². The van der Waals surface area contributed by atoms with Gasteiger partial charge in [0.25, 0.3) is 5.91 Å². The molecule has 6 nitrogen and oxygen atoms in total. The Kier molecular flexibility index (Phi) is 4.86. The van der Waals surface area contributed by atoms with Crippen LogP contribution in [-0.2, 0) is 11.2 Å². The molecule has 2 heterocycles. The number of fused-ring (bicyclic) bond motifs is 3. The monoisotopic (exact) mass is 447 g/mol. The zero-order valence-electron chi connectivity index (χ0n) is 16.0. The Labute approximate surface area is 181 Å². The van der Waals surface area contributed by atoms with Crippen molar-refractivity contribution in [1.29, 1.82) is 0 Å². The molecule has 0 radical (unpaired) electrons. The first-order valence-electron chi connectivity index (χ1n) is 9.99. The normalized spacial score (nSPS) is 24.8. The molecule has 3 aliphatic rings. The number of likely N-dealkylation sites (tertiary alicyclic amines) is 1. The van der Waals surface area contributed by atoms with Crippen molar-refractivity contribution in [1.82, 2.24) is 9.88 Å². The number of Topliss-reactive ketones (excluding diaryl/α,β-unsaturated/α-hetero) is 1. The number of ketones is 1. The SMILES string of the molecule is O=C1C[C@@H](C(=O)N2C[C@H]3CC[C@@H]2C3)Cc2nc(NC(=O)c3c(F)cccc3Cl)sc21. The van der Waals surface area contributed by atoms with Gasteiger partial charge in [-0.15, -0.1) is 0 Å². The van der Waals surface area contributed by atoms with Gasteiger partial charge in [0.1, 0.15) is 5.82 Å². The molecule has 2 aliphatic carbocycles. The van der Waals surface area contributed by atoms with E-state index in [4.69, 9.17) is 11.6 Å².